The minimum Gasteiger partial charge on any atom is -0.617 e. The molecular formula is C14H13N3O2. The zero-order valence-electron chi connectivity index (χ0n) is 10.7. The maximum Gasteiger partial charge on any atom is 0.292 e. The zero-order valence-corrected chi connectivity index (χ0v) is 10.7. The van der Waals surface area contributed by atoms with E-state index in [1.807, 2.05) is 13.8 Å². The lowest BCUT2D eigenvalue weighted by molar-refractivity contribution is -0.591. The molecule has 0 radical (unpaired) electrons. The van der Waals surface area contributed by atoms with Gasteiger partial charge in [-0.2, -0.15) is 9.46 Å². The fourth-order valence-corrected chi connectivity index (χ4v) is 2.25. The first-order chi connectivity index (χ1) is 8.99. The van der Waals surface area contributed by atoms with Gasteiger partial charge in [0.15, 0.2) is 0 Å². The largest absolute Gasteiger partial charge is 0.617 e. The van der Waals surface area contributed by atoms with Crippen molar-refractivity contribution in [2.45, 2.75) is 13.8 Å². The van der Waals surface area contributed by atoms with Crippen LogP contribution in [-0.2, 0) is 0 Å². The van der Waals surface area contributed by atoms with Crippen LogP contribution in [0.4, 0.5) is 5.69 Å². The molecule has 1 aromatic heterocycles. The Morgan fingerprint density at radius 1 is 0.789 bits per heavy atom. The molecule has 19 heavy (non-hydrogen) atoms. The first kappa shape index (κ1) is 11.5. The monoisotopic (exact) mass is 255 g/mol. The van der Waals surface area contributed by atoms with E-state index in [-0.39, 0.29) is 5.52 Å². The van der Waals surface area contributed by atoms with Crippen molar-refractivity contribution in [3.05, 3.63) is 51.9 Å². The number of nitrogen functional groups attached to an aromatic ring is 1. The highest BCUT2D eigenvalue weighted by Gasteiger charge is 2.21. The van der Waals surface area contributed by atoms with Crippen molar-refractivity contribution in [2.75, 3.05) is 5.73 Å². The van der Waals surface area contributed by atoms with Crippen LogP contribution < -0.4 is 15.2 Å². The Labute approximate surface area is 109 Å². The molecular weight excluding hydrogens is 242 g/mol. The molecule has 0 fully saturated rings. The topological polar surface area (TPSA) is 79.9 Å². The first-order valence-corrected chi connectivity index (χ1v) is 5.94. The molecule has 96 valence electrons. The molecule has 0 aliphatic carbocycles. The van der Waals surface area contributed by atoms with Gasteiger partial charge in [0.05, 0.1) is 0 Å². The summed E-state index contributed by atoms with van der Waals surface area (Å²) in [6, 6.07) is 8.17. The van der Waals surface area contributed by atoms with Gasteiger partial charge in [0.2, 0.25) is 0 Å². The lowest BCUT2D eigenvalue weighted by Gasteiger charge is -2.09. The second-order valence-corrected chi connectivity index (χ2v) is 4.76. The number of rotatable bonds is 0. The second-order valence-electron chi connectivity index (χ2n) is 4.76. The number of aromatic nitrogens is 2. The van der Waals surface area contributed by atoms with Crippen molar-refractivity contribution < 1.29 is 9.46 Å². The van der Waals surface area contributed by atoms with E-state index < -0.39 is 0 Å². The summed E-state index contributed by atoms with van der Waals surface area (Å²) in [4.78, 5) is 0. The van der Waals surface area contributed by atoms with Crippen molar-refractivity contribution in [2.24, 2.45) is 0 Å². The molecule has 5 heteroatoms. The smallest absolute Gasteiger partial charge is 0.292 e. The fourth-order valence-electron chi connectivity index (χ4n) is 2.25. The Morgan fingerprint density at radius 2 is 1.26 bits per heavy atom. The third kappa shape index (κ3) is 1.55. The average molecular weight is 255 g/mol. The number of nitrogens with zero attached hydrogens (tertiary/aromatic N) is 2. The quantitative estimate of drug-likeness (QED) is 0.286. The molecule has 3 rings (SSSR count). The number of anilines is 1. The number of nitrogens with two attached hydrogens (primary N) is 1. The molecule has 0 amide bonds. The predicted molar refractivity (Wildman–Crippen MR) is 73.3 cm³/mol. The van der Waals surface area contributed by atoms with Gasteiger partial charge in [-0.15, -0.1) is 0 Å². The van der Waals surface area contributed by atoms with Gasteiger partial charge >= 0.3 is 0 Å². The molecule has 0 atom stereocenters. The van der Waals surface area contributed by atoms with Crippen molar-refractivity contribution in [1.82, 2.24) is 0 Å². The highest BCUT2D eigenvalue weighted by Crippen LogP contribution is 2.18. The van der Waals surface area contributed by atoms with Crippen molar-refractivity contribution in [1.29, 1.82) is 0 Å². The van der Waals surface area contributed by atoms with Gasteiger partial charge in [-0.25, -0.2) is 0 Å². The van der Waals surface area contributed by atoms with E-state index in [1.165, 1.54) is 6.07 Å². The highest BCUT2D eigenvalue weighted by molar-refractivity contribution is 5.79. The molecule has 0 aliphatic rings. The molecule has 0 unspecified atom stereocenters. The molecule has 0 bridgehead atoms. The van der Waals surface area contributed by atoms with Crippen LogP contribution in [0.5, 0.6) is 0 Å². The molecule has 0 saturated heterocycles. The minimum atomic E-state index is 0.283. The van der Waals surface area contributed by atoms with E-state index in [4.69, 9.17) is 5.73 Å². The van der Waals surface area contributed by atoms with Gasteiger partial charge in [0.1, 0.15) is 0 Å². The Hall–Kier alpha value is -2.56. The van der Waals surface area contributed by atoms with Crippen LogP contribution >= 0.6 is 0 Å². The van der Waals surface area contributed by atoms with Crippen LogP contribution in [0.1, 0.15) is 11.1 Å². The van der Waals surface area contributed by atoms with Crippen LogP contribution in [-0.4, -0.2) is 0 Å². The van der Waals surface area contributed by atoms with Gasteiger partial charge in [-0.3, -0.25) is 0 Å². The molecule has 0 saturated carbocycles. The lowest BCUT2D eigenvalue weighted by atomic mass is 10.1. The maximum atomic E-state index is 12.4. The predicted octanol–water partition coefficient (Wildman–Crippen LogP) is 1.46. The number of hydrogen-bond donors (Lipinski definition) is 1. The second kappa shape index (κ2) is 3.71. The number of aryl methyl sites for hydroxylation is 2. The SMILES string of the molecule is Cc1cc2c(cc1C)[n+]([O-])c1cc(N)ccc1[n+]2[O-]. The molecule has 5 nitrogen and oxygen atoms in total. The average Bonchev–Trinajstić information content (AvgIpc) is 2.38. The third-order valence-corrected chi connectivity index (χ3v) is 3.47. The number of fused-ring (bicyclic) bond motifs is 2. The Bertz CT molecular complexity index is 828. The summed E-state index contributed by atoms with van der Waals surface area (Å²) in [5.41, 5.74) is 9.42. The lowest BCUT2D eigenvalue weighted by Crippen LogP contribution is -2.39. The van der Waals surface area contributed by atoms with E-state index in [9.17, 15) is 10.4 Å². The number of benzene rings is 2. The third-order valence-electron chi connectivity index (χ3n) is 3.47. The van der Waals surface area contributed by atoms with Crippen molar-refractivity contribution in [3.63, 3.8) is 0 Å². The van der Waals surface area contributed by atoms with Crippen LogP contribution in [0.3, 0.4) is 0 Å². The van der Waals surface area contributed by atoms with E-state index in [0.717, 1.165) is 20.6 Å². The molecule has 2 aromatic carbocycles. The fraction of sp³-hybridized carbons (Fsp3) is 0.143. The normalized spacial score (nSPS) is 11.3. The van der Waals surface area contributed by atoms with Crippen LogP contribution in [0.25, 0.3) is 22.1 Å². The minimum absolute atomic E-state index is 0.283. The van der Waals surface area contributed by atoms with Crippen LogP contribution in [0.15, 0.2) is 30.3 Å². The Balaban J connectivity index is 2.60. The van der Waals surface area contributed by atoms with Crippen LogP contribution in [0.2, 0.25) is 0 Å². The van der Waals surface area contributed by atoms with Crippen molar-refractivity contribution in [3.8, 4) is 0 Å². The summed E-state index contributed by atoms with van der Waals surface area (Å²) >= 11 is 0. The molecule has 1 heterocycles. The Kier molecular flexibility index (Phi) is 2.25. The first-order valence-electron chi connectivity index (χ1n) is 5.94. The van der Waals surface area contributed by atoms with Gasteiger partial charge < -0.3 is 16.1 Å². The van der Waals surface area contributed by atoms with E-state index in [2.05, 4.69) is 0 Å². The van der Waals surface area contributed by atoms with Gasteiger partial charge in [0, 0.05) is 30.0 Å². The van der Waals surface area contributed by atoms with E-state index in [1.54, 1.807) is 24.3 Å². The van der Waals surface area contributed by atoms with Gasteiger partial charge in [0.25, 0.3) is 22.1 Å². The standard InChI is InChI=1S/C14H13N3O2/c1-8-5-12-13(6-9(8)2)17(19)14-7-10(15)3-4-11(14)16(12)18/h3-7H,15H2,1-2H3. The summed E-state index contributed by atoms with van der Waals surface area (Å²) in [5, 5.41) is 24.7. The number of hydrogen-bond acceptors (Lipinski definition) is 3. The van der Waals surface area contributed by atoms with Crippen LogP contribution in [0, 0.1) is 24.3 Å². The highest BCUT2D eigenvalue weighted by atomic mass is 16.5. The molecule has 0 aliphatic heterocycles. The van der Waals surface area contributed by atoms with Gasteiger partial charge in [-0.1, -0.05) is 0 Å². The summed E-state index contributed by atoms with van der Waals surface area (Å²) in [5.74, 6) is 0. The van der Waals surface area contributed by atoms with E-state index in [0.29, 0.717) is 22.2 Å². The molecule has 2 N–H and O–H groups in total. The van der Waals surface area contributed by atoms with E-state index >= 15 is 0 Å². The maximum absolute atomic E-state index is 12.4. The zero-order chi connectivity index (χ0) is 13.7. The summed E-state index contributed by atoms with van der Waals surface area (Å²) < 4.78 is 1.55. The molecule has 3 aromatic rings. The molecule has 0 spiro atoms. The summed E-state index contributed by atoms with van der Waals surface area (Å²) in [7, 11) is 0. The summed E-state index contributed by atoms with van der Waals surface area (Å²) in [6.45, 7) is 3.82. The Morgan fingerprint density at radius 3 is 1.84 bits per heavy atom. The van der Waals surface area contributed by atoms with Crippen molar-refractivity contribution >= 4 is 27.8 Å². The van der Waals surface area contributed by atoms with Gasteiger partial charge in [-0.05, 0) is 31.0 Å². The summed E-state index contributed by atoms with van der Waals surface area (Å²) in [6.07, 6.45) is 0.